The smallest absolute Gasteiger partial charge is 0.147 e. The van der Waals surface area contributed by atoms with Crippen molar-refractivity contribution in [3.05, 3.63) is 18.1 Å². The highest BCUT2D eigenvalue weighted by Gasteiger charge is 2.21. The minimum atomic E-state index is 0.278. The maximum absolute atomic E-state index is 5.67. The maximum Gasteiger partial charge on any atom is 0.147 e. The summed E-state index contributed by atoms with van der Waals surface area (Å²) in [5, 5.41) is 0. The molecule has 2 N–H and O–H groups in total. The maximum atomic E-state index is 5.67. The largest absolute Gasteiger partial charge is 0.388 e. The van der Waals surface area contributed by atoms with Crippen molar-refractivity contribution in [1.29, 1.82) is 0 Å². The van der Waals surface area contributed by atoms with Crippen molar-refractivity contribution >= 4 is 23.0 Å². The molecular formula is C12H18N4OS. The molecule has 1 aromatic heterocycles. The molecule has 0 bridgehead atoms. The van der Waals surface area contributed by atoms with Gasteiger partial charge in [0.15, 0.2) is 0 Å². The summed E-state index contributed by atoms with van der Waals surface area (Å²) in [6.07, 6.45) is 5.87. The van der Waals surface area contributed by atoms with Crippen LogP contribution >= 0.6 is 12.2 Å². The van der Waals surface area contributed by atoms with E-state index in [9.17, 15) is 0 Å². The molecule has 2 heterocycles. The van der Waals surface area contributed by atoms with Gasteiger partial charge in [0.25, 0.3) is 0 Å². The molecule has 98 valence electrons. The van der Waals surface area contributed by atoms with Crippen LogP contribution in [0, 0.1) is 0 Å². The monoisotopic (exact) mass is 266 g/mol. The Balaban J connectivity index is 2.04. The third-order valence-electron chi connectivity index (χ3n) is 3.00. The van der Waals surface area contributed by atoms with Crippen LogP contribution in [-0.2, 0) is 4.74 Å². The average molecular weight is 266 g/mol. The Hall–Kier alpha value is -1.27. The molecule has 1 aromatic rings. The fraction of sp³-hybridized carbons (Fsp3) is 0.583. The lowest BCUT2D eigenvalue weighted by molar-refractivity contribution is 0.0525. The Morgan fingerprint density at radius 1 is 1.56 bits per heavy atom. The van der Waals surface area contributed by atoms with Gasteiger partial charge in [-0.1, -0.05) is 12.2 Å². The van der Waals surface area contributed by atoms with Crippen LogP contribution in [-0.4, -0.2) is 40.8 Å². The Bertz CT molecular complexity index is 407. The molecule has 0 spiro atoms. The molecule has 1 saturated heterocycles. The van der Waals surface area contributed by atoms with Gasteiger partial charge in [-0.05, 0) is 19.8 Å². The third kappa shape index (κ3) is 3.14. The zero-order valence-electron chi connectivity index (χ0n) is 10.5. The molecular weight excluding hydrogens is 248 g/mol. The molecule has 18 heavy (non-hydrogen) atoms. The van der Waals surface area contributed by atoms with Crippen LogP contribution in [0.2, 0.25) is 0 Å². The van der Waals surface area contributed by atoms with Crippen LogP contribution in [0.1, 0.15) is 25.5 Å². The molecule has 6 heteroatoms. The number of nitrogens with two attached hydrogens (primary N) is 1. The van der Waals surface area contributed by atoms with Crippen LogP contribution < -0.4 is 10.6 Å². The Kier molecular flexibility index (Phi) is 4.43. The van der Waals surface area contributed by atoms with Crippen molar-refractivity contribution in [3.63, 3.8) is 0 Å². The van der Waals surface area contributed by atoms with Gasteiger partial charge in [0.1, 0.15) is 16.5 Å². The zero-order valence-corrected chi connectivity index (χ0v) is 11.3. The van der Waals surface area contributed by atoms with Crippen molar-refractivity contribution in [2.24, 2.45) is 5.73 Å². The molecule has 0 aromatic carbocycles. The minimum Gasteiger partial charge on any atom is -0.388 e. The van der Waals surface area contributed by atoms with Crippen LogP contribution in [0.3, 0.4) is 0 Å². The summed E-state index contributed by atoms with van der Waals surface area (Å²) >= 11 is 4.86. The summed E-state index contributed by atoms with van der Waals surface area (Å²) in [5.74, 6) is 0.861. The number of aromatic nitrogens is 2. The van der Waals surface area contributed by atoms with Crippen LogP contribution in [0.15, 0.2) is 12.4 Å². The Morgan fingerprint density at radius 2 is 2.39 bits per heavy atom. The highest BCUT2D eigenvalue weighted by atomic mass is 32.1. The summed E-state index contributed by atoms with van der Waals surface area (Å²) in [6.45, 7) is 4.64. The second-order valence-corrected chi connectivity index (χ2v) is 4.73. The van der Waals surface area contributed by atoms with Gasteiger partial charge in [-0.2, -0.15) is 0 Å². The summed E-state index contributed by atoms with van der Waals surface area (Å²) < 4.78 is 5.67. The second-order valence-electron chi connectivity index (χ2n) is 4.29. The van der Waals surface area contributed by atoms with Crippen molar-refractivity contribution in [2.75, 3.05) is 24.6 Å². The van der Waals surface area contributed by atoms with Crippen LogP contribution in [0.25, 0.3) is 0 Å². The number of hydrogen-bond donors (Lipinski definition) is 1. The van der Waals surface area contributed by atoms with Crippen molar-refractivity contribution in [2.45, 2.75) is 25.9 Å². The van der Waals surface area contributed by atoms with Gasteiger partial charge in [0, 0.05) is 19.7 Å². The van der Waals surface area contributed by atoms with E-state index in [4.69, 9.17) is 22.7 Å². The van der Waals surface area contributed by atoms with Crippen molar-refractivity contribution < 1.29 is 4.74 Å². The van der Waals surface area contributed by atoms with E-state index in [0.717, 1.165) is 38.4 Å². The molecule has 5 nitrogen and oxygen atoms in total. The SMILES string of the molecule is CCOC1CCCN(c2cnc(C(N)=S)cn2)C1. The van der Waals surface area contributed by atoms with Gasteiger partial charge in [-0.25, -0.2) is 9.97 Å². The van der Waals surface area contributed by atoms with E-state index in [1.165, 1.54) is 0 Å². The van der Waals surface area contributed by atoms with Gasteiger partial charge in [-0.3, -0.25) is 0 Å². The van der Waals surface area contributed by atoms with E-state index in [1.807, 2.05) is 6.92 Å². The quantitative estimate of drug-likeness (QED) is 0.824. The molecule has 1 aliphatic heterocycles. The van der Waals surface area contributed by atoms with E-state index < -0.39 is 0 Å². The lowest BCUT2D eigenvalue weighted by Crippen LogP contribution is -2.40. The first kappa shape index (κ1) is 13.2. The molecule has 0 radical (unpaired) electrons. The highest BCUT2D eigenvalue weighted by molar-refractivity contribution is 7.80. The van der Waals surface area contributed by atoms with Gasteiger partial charge in [0.2, 0.25) is 0 Å². The number of piperidine rings is 1. The molecule has 1 unspecified atom stereocenters. The molecule has 0 aliphatic carbocycles. The predicted octanol–water partition coefficient (Wildman–Crippen LogP) is 1.12. The number of anilines is 1. The third-order valence-corrected chi connectivity index (χ3v) is 3.20. The minimum absolute atomic E-state index is 0.278. The highest BCUT2D eigenvalue weighted by Crippen LogP contribution is 2.18. The fourth-order valence-corrected chi connectivity index (χ4v) is 2.24. The first-order valence-corrected chi connectivity index (χ1v) is 6.60. The molecule has 1 atom stereocenters. The number of thiocarbonyl (C=S) groups is 1. The summed E-state index contributed by atoms with van der Waals surface area (Å²) in [5.41, 5.74) is 6.06. The van der Waals surface area contributed by atoms with E-state index in [1.54, 1.807) is 12.4 Å². The lowest BCUT2D eigenvalue weighted by atomic mass is 10.1. The average Bonchev–Trinajstić information content (AvgIpc) is 2.39. The molecule has 2 rings (SSSR count). The van der Waals surface area contributed by atoms with Crippen LogP contribution in [0.5, 0.6) is 0 Å². The summed E-state index contributed by atoms with van der Waals surface area (Å²) in [6, 6.07) is 0. The van der Waals surface area contributed by atoms with E-state index in [0.29, 0.717) is 11.8 Å². The Labute approximate surface area is 112 Å². The summed E-state index contributed by atoms with van der Waals surface area (Å²) in [7, 11) is 0. The predicted molar refractivity (Wildman–Crippen MR) is 74.8 cm³/mol. The molecule has 1 fully saturated rings. The molecule has 0 amide bonds. The second kappa shape index (κ2) is 6.06. The van der Waals surface area contributed by atoms with Gasteiger partial charge < -0.3 is 15.4 Å². The van der Waals surface area contributed by atoms with Crippen LogP contribution in [0.4, 0.5) is 5.82 Å². The lowest BCUT2D eigenvalue weighted by Gasteiger charge is -2.33. The molecule has 0 saturated carbocycles. The number of rotatable bonds is 4. The topological polar surface area (TPSA) is 64.3 Å². The fourth-order valence-electron chi connectivity index (χ4n) is 2.13. The standard InChI is InChI=1S/C12H18N4OS/c1-2-17-9-4-3-5-16(8-9)11-7-14-10(6-15-11)12(13)18/h6-7,9H,2-5,8H2,1H3,(H2,13,18). The number of ether oxygens (including phenoxy) is 1. The summed E-state index contributed by atoms with van der Waals surface area (Å²) in [4.78, 5) is 11.0. The van der Waals surface area contributed by atoms with Gasteiger partial charge >= 0.3 is 0 Å². The zero-order chi connectivity index (χ0) is 13.0. The number of hydrogen-bond acceptors (Lipinski definition) is 5. The van der Waals surface area contributed by atoms with E-state index >= 15 is 0 Å². The molecule has 1 aliphatic rings. The van der Waals surface area contributed by atoms with Gasteiger partial charge in [-0.15, -0.1) is 0 Å². The van der Waals surface area contributed by atoms with E-state index in [-0.39, 0.29) is 4.99 Å². The number of nitrogens with zero attached hydrogens (tertiary/aromatic N) is 3. The van der Waals surface area contributed by atoms with Crippen molar-refractivity contribution in [1.82, 2.24) is 9.97 Å². The van der Waals surface area contributed by atoms with E-state index in [2.05, 4.69) is 14.9 Å². The first-order valence-electron chi connectivity index (χ1n) is 6.19. The van der Waals surface area contributed by atoms with Gasteiger partial charge in [0.05, 0.1) is 18.5 Å². The normalized spacial score (nSPS) is 19.8. The Morgan fingerprint density at radius 3 is 3.00 bits per heavy atom. The first-order chi connectivity index (χ1) is 8.70. The van der Waals surface area contributed by atoms with Crippen molar-refractivity contribution in [3.8, 4) is 0 Å².